The van der Waals surface area contributed by atoms with Crippen molar-refractivity contribution < 1.29 is 4.79 Å². The first-order valence-electron chi connectivity index (χ1n) is 11.5. The zero-order chi connectivity index (χ0) is 23.1. The van der Waals surface area contributed by atoms with E-state index >= 15 is 0 Å². The maximum atomic E-state index is 13.5. The van der Waals surface area contributed by atoms with E-state index in [0.29, 0.717) is 0 Å². The highest BCUT2D eigenvalue weighted by Crippen LogP contribution is 2.41. The Morgan fingerprint density at radius 3 is 1.88 bits per heavy atom. The summed E-state index contributed by atoms with van der Waals surface area (Å²) in [6.45, 7) is 9.23. The van der Waals surface area contributed by atoms with Crippen molar-refractivity contribution in [2.75, 3.05) is 13.6 Å². The Bertz CT molecular complexity index is 974. The Labute approximate surface area is 193 Å². The number of nitrogens with zero attached hydrogens (tertiary/aromatic N) is 2. The third kappa shape index (κ3) is 5.11. The van der Waals surface area contributed by atoms with E-state index in [4.69, 9.17) is 0 Å². The summed E-state index contributed by atoms with van der Waals surface area (Å²) in [4.78, 5) is 17.9. The summed E-state index contributed by atoms with van der Waals surface area (Å²) in [5.74, 6) is 0.0810. The van der Waals surface area contributed by atoms with Gasteiger partial charge in [-0.1, -0.05) is 97.9 Å². The Morgan fingerprint density at radius 2 is 1.38 bits per heavy atom. The van der Waals surface area contributed by atoms with E-state index in [1.54, 1.807) is 6.92 Å². The fourth-order valence-corrected chi connectivity index (χ4v) is 4.79. The van der Waals surface area contributed by atoms with Gasteiger partial charge in [-0.3, -0.25) is 4.79 Å². The summed E-state index contributed by atoms with van der Waals surface area (Å²) < 4.78 is 0. The van der Waals surface area contributed by atoms with E-state index in [1.807, 2.05) is 18.2 Å². The molecule has 3 unspecified atom stereocenters. The maximum absolute atomic E-state index is 13.5. The molecule has 3 rings (SSSR count). The van der Waals surface area contributed by atoms with Crippen molar-refractivity contribution in [3.8, 4) is 0 Å². The number of likely N-dealkylation sites (N-methyl/N-ethyl adjacent to an activating group) is 1. The fraction of sp³-hybridized carbons (Fsp3) is 0.345. The van der Waals surface area contributed by atoms with E-state index in [9.17, 15) is 4.79 Å². The van der Waals surface area contributed by atoms with Gasteiger partial charge in [0.05, 0.1) is 11.6 Å². The van der Waals surface area contributed by atoms with E-state index < -0.39 is 5.54 Å². The molecule has 0 spiro atoms. The minimum atomic E-state index is -0.516. The minimum Gasteiger partial charge on any atom is -0.325 e. The quantitative estimate of drug-likeness (QED) is 0.413. The third-order valence-corrected chi connectivity index (χ3v) is 6.73. The van der Waals surface area contributed by atoms with Crippen LogP contribution in [-0.4, -0.2) is 35.3 Å². The van der Waals surface area contributed by atoms with Crippen molar-refractivity contribution in [3.63, 3.8) is 0 Å². The first-order chi connectivity index (χ1) is 15.4. The van der Waals surface area contributed by atoms with Gasteiger partial charge in [0.2, 0.25) is 5.91 Å². The molecule has 0 aliphatic heterocycles. The lowest BCUT2D eigenvalue weighted by Crippen LogP contribution is -2.54. The predicted molar refractivity (Wildman–Crippen MR) is 133 cm³/mol. The highest BCUT2D eigenvalue weighted by atomic mass is 16.2. The van der Waals surface area contributed by atoms with Crippen molar-refractivity contribution in [1.82, 2.24) is 9.80 Å². The van der Waals surface area contributed by atoms with Gasteiger partial charge in [0.25, 0.3) is 0 Å². The van der Waals surface area contributed by atoms with Gasteiger partial charge in [-0.05, 0) is 50.6 Å². The van der Waals surface area contributed by atoms with Gasteiger partial charge in [-0.2, -0.15) is 0 Å². The second-order valence-electron chi connectivity index (χ2n) is 8.86. The molecule has 3 aromatic carbocycles. The number of amides is 1. The Morgan fingerprint density at radius 1 is 0.875 bits per heavy atom. The van der Waals surface area contributed by atoms with Gasteiger partial charge in [0, 0.05) is 13.0 Å². The van der Waals surface area contributed by atoms with Crippen LogP contribution < -0.4 is 0 Å². The lowest BCUT2D eigenvalue weighted by Gasteiger charge is -2.49. The highest BCUT2D eigenvalue weighted by Gasteiger charge is 2.43. The van der Waals surface area contributed by atoms with Gasteiger partial charge in [-0.15, -0.1) is 0 Å². The summed E-state index contributed by atoms with van der Waals surface area (Å²) in [5.41, 5.74) is 3.00. The lowest BCUT2D eigenvalue weighted by atomic mass is 9.80. The van der Waals surface area contributed by atoms with Crippen LogP contribution in [-0.2, 0) is 16.8 Å². The molecule has 0 N–H and O–H groups in total. The van der Waals surface area contributed by atoms with Crippen molar-refractivity contribution in [1.29, 1.82) is 0 Å². The molecule has 0 saturated carbocycles. The molecule has 1 amide bonds. The maximum Gasteiger partial charge on any atom is 0.220 e. The topological polar surface area (TPSA) is 23.6 Å². The molecule has 0 aromatic heterocycles. The Balaban J connectivity index is 2.21. The number of rotatable bonds is 9. The molecule has 3 atom stereocenters. The van der Waals surface area contributed by atoms with Crippen molar-refractivity contribution in [3.05, 3.63) is 108 Å². The summed E-state index contributed by atoms with van der Waals surface area (Å²) in [6.07, 6.45) is 0.739. The third-order valence-electron chi connectivity index (χ3n) is 6.73. The molecule has 3 nitrogen and oxygen atoms in total. The van der Waals surface area contributed by atoms with Gasteiger partial charge >= 0.3 is 0 Å². The van der Waals surface area contributed by atoms with Crippen LogP contribution in [0.25, 0.3) is 0 Å². The Hall–Kier alpha value is -2.91. The van der Waals surface area contributed by atoms with Gasteiger partial charge in [-0.25, -0.2) is 0 Å². The first-order valence-corrected chi connectivity index (χ1v) is 11.5. The van der Waals surface area contributed by atoms with E-state index in [1.165, 1.54) is 5.56 Å². The zero-order valence-corrected chi connectivity index (χ0v) is 20.0. The number of carbonyl (C=O) groups excluding carboxylic acids is 1. The van der Waals surface area contributed by atoms with Crippen molar-refractivity contribution >= 4 is 5.91 Å². The van der Waals surface area contributed by atoms with Crippen LogP contribution in [0.1, 0.15) is 50.4 Å². The van der Waals surface area contributed by atoms with Crippen LogP contribution in [0.15, 0.2) is 91.0 Å². The molecular formula is C29H36N2O. The average Bonchev–Trinajstić information content (AvgIpc) is 2.82. The van der Waals surface area contributed by atoms with Crippen molar-refractivity contribution in [2.45, 2.75) is 51.7 Å². The second kappa shape index (κ2) is 10.6. The second-order valence-corrected chi connectivity index (χ2v) is 8.86. The van der Waals surface area contributed by atoms with E-state index in [2.05, 4.69) is 110 Å². The normalized spacial score (nSPS) is 15.1. The molecule has 0 fully saturated rings. The monoisotopic (exact) mass is 428 g/mol. The molecule has 0 aliphatic carbocycles. The zero-order valence-electron chi connectivity index (χ0n) is 20.0. The molecule has 0 saturated heterocycles. The minimum absolute atomic E-state index is 0.0810. The molecule has 32 heavy (non-hydrogen) atoms. The largest absolute Gasteiger partial charge is 0.325 e. The summed E-state index contributed by atoms with van der Waals surface area (Å²) in [6, 6.07) is 31.5. The van der Waals surface area contributed by atoms with Crippen molar-refractivity contribution in [2.24, 2.45) is 0 Å². The summed E-state index contributed by atoms with van der Waals surface area (Å²) >= 11 is 0. The standard InChI is InChI=1S/C29H36N2O/c1-6-30(5)23(2)28(26-18-12-8-13-19-26)31(24(3)32)29(4,27-20-14-9-15-21-27)22-25-16-10-7-11-17-25/h7-21,23,28H,6,22H2,1-5H3. The van der Waals surface area contributed by atoms with E-state index in [0.717, 1.165) is 24.1 Å². The van der Waals surface area contributed by atoms with Crippen LogP contribution in [0.5, 0.6) is 0 Å². The molecular weight excluding hydrogens is 392 g/mol. The lowest BCUT2D eigenvalue weighted by molar-refractivity contribution is -0.141. The summed E-state index contributed by atoms with van der Waals surface area (Å²) in [7, 11) is 2.13. The molecule has 0 bridgehead atoms. The van der Waals surface area contributed by atoms with Gasteiger partial charge < -0.3 is 9.80 Å². The highest BCUT2D eigenvalue weighted by molar-refractivity contribution is 5.75. The number of benzene rings is 3. The smallest absolute Gasteiger partial charge is 0.220 e. The fourth-order valence-electron chi connectivity index (χ4n) is 4.79. The molecule has 0 aliphatic rings. The SMILES string of the molecule is CCN(C)C(C)C(c1ccccc1)N(C(C)=O)C(C)(Cc1ccccc1)c1ccccc1. The number of hydrogen-bond acceptors (Lipinski definition) is 2. The van der Waals surface area contributed by atoms with Gasteiger partial charge in [0.15, 0.2) is 0 Å². The van der Waals surface area contributed by atoms with Crippen LogP contribution in [0.3, 0.4) is 0 Å². The van der Waals surface area contributed by atoms with Crippen LogP contribution in [0.2, 0.25) is 0 Å². The van der Waals surface area contributed by atoms with Crippen LogP contribution in [0.4, 0.5) is 0 Å². The molecule has 0 radical (unpaired) electrons. The van der Waals surface area contributed by atoms with Crippen LogP contribution >= 0.6 is 0 Å². The number of carbonyl (C=O) groups is 1. The Kier molecular flexibility index (Phi) is 7.87. The molecule has 0 heterocycles. The van der Waals surface area contributed by atoms with E-state index in [-0.39, 0.29) is 18.0 Å². The predicted octanol–water partition coefficient (Wildman–Crippen LogP) is 6.07. The average molecular weight is 429 g/mol. The van der Waals surface area contributed by atoms with Gasteiger partial charge in [0.1, 0.15) is 0 Å². The molecule has 3 heteroatoms. The van der Waals surface area contributed by atoms with Crippen LogP contribution in [0, 0.1) is 0 Å². The number of hydrogen-bond donors (Lipinski definition) is 0. The molecule has 3 aromatic rings. The molecule has 168 valence electrons. The first kappa shape index (κ1) is 23.7. The summed E-state index contributed by atoms with van der Waals surface area (Å²) in [5, 5.41) is 0.